The van der Waals surface area contributed by atoms with Crippen molar-refractivity contribution in [1.29, 1.82) is 0 Å². The van der Waals surface area contributed by atoms with Crippen molar-refractivity contribution in [3.63, 3.8) is 0 Å². The molecule has 2 saturated carbocycles. The monoisotopic (exact) mass is 218 g/mol. The highest BCUT2D eigenvalue weighted by Gasteiger charge is 2.33. The summed E-state index contributed by atoms with van der Waals surface area (Å²) in [6, 6.07) is 0. The molecular formula is C16H26. The van der Waals surface area contributed by atoms with E-state index in [1.165, 1.54) is 57.8 Å². The van der Waals surface area contributed by atoms with Gasteiger partial charge in [0.2, 0.25) is 0 Å². The summed E-state index contributed by atoms with van der Waals surface area (Å²) < 4.78 is 0. The van der Waals surface area contributed by atoms with Gasteiger partial charge >= 0.3 is 0 Å². The summed E-state index contributed by atoms with van der Waals surface area (Å²) in [4.78, 5) is 0. The van der Waals surface area contributed by atoms with Crippen molar-refractivity contribution in [2.24, 2.45) is 17.3 Å². The molecule has 0 aliphatic heterocycles. The van der Waals surface area contributed by atoms with Gasteiger partial charge in [-0.25, -0.2) is 0 Å². The average Bonchev–Trinajstić information content (AvgIpc) is 2.40. The van der Waals surface area contributed by atoms with Gasteiger partial charge in [-0.2, -0.15) is 0 Å². The van der Waals surface area contributed by atoms with Crippen LogP contribution in [0.5, 0.6) is 0 Å². The fraction of sp³-hybridized carbons (Fsp3) is 0.750. The molecule has 0 unspecified atom stereocenters. The maximum atomic E-state index is 3.99. The lowest BCUT2D eigenvalue weighted by Gasteiger charge is -2.40. The molecule has 2 rings (SSSR count). The lowest BCUT2D eigenvalue weighted by Crippen LogP contribution is -2.28. The molecule has 0 nitrogen and oxygen atoms in total. The van der Waals surface area contributed by atoms with Crippen molar-refractivity contribution < 1.29 is 0 Å². The Kier molecular flexibility index (Phi) is 3.89. The van der Waals surface area contributed by atoms with E-state index in [0.29, 0.717) is 0 Å². The van der Waals surface area contributed by atoms with Gasteiger partial charge in [-0.3, -0.25) is 0 Å². The third-order valence-corrected chi connectivity index (χ3v) is 5.09. The van der Waals surface area contributed by atoms with Crippen LogP contribution in [0.4, 0.5) is 0 Å². The highest BCUT2D eigenvalue weighted by Crippen LogP contribution is 2.45. The van der Waals surface area contributed by atoms with Crippen molar-refractivity contribution in [3.8, 4) is 0 Å². The zero-order valence-electron chi connectivity index (χ0n) is 10.6. The van der Waals surface area contributed by atoms with Crippen LogP contribution in [-0.4, -0.2) is 0 Å². The van der Waals surface area contributed by atoms with Gasteiger partial charge in [-0.1, -0.05) is 44.3 Å². The van der Waals surface area contributed by atoms with Gasteiger partial charge in [-0.05, 0) is 37.5 Å². The number of allylic oxidation sites excluding steroid dienone is 2. The minimum atomic E-state index is 0.269. The predicted octanol–water partition coefficient (Wildman–Crippen LogP) is 5.12. The molecule has 0 N–H and O–H groups in total. The van der Waals surface area contributed by atoms with E-state index in [1.807, 2.05) is 0 Å². The average molecular weight is 218 g/mol. The second-order valence-electron chi connectivity index (χ2n) is 5.88. The summed E-state index contributed by atoms with van der Waals surface area (Å²) in [7, 11) is 0. The number of hydrogen-bond acceptors (Lipinski definition) is 0. The number of hydrogen-bond donors (Lipinski definition) is 0. The van der Waals surface area contributed by atoms with E-state index in [9.17, 15) is 0 Å². The van der Waals surface area contributed by atoms with Gasteiger partial charge in [-0.15, -0.1) is 13.2 Å². The molecule has 0 spiro atoms. The molecule has 0 radical (unpaired) electrons. The Hall–Kier alpha value is -0.520. The highest BCUT2D eigenvalue weighted by molar-refractivity contribution is 5.08. The lowest BCUT2D eigenvalue weighted by molar-refractivity contribution is 0.156. The summed E-state index contributed by atoms with van der Waals surface area (Å²) in [5.41, 5.74) is 0.269. The van der Waals surface area contributed by atoms with E-state index >= 15 is 0 Å². The van der Waals surface area contributed by atoms with E-state index in [4.69, 9.17) is 0 Å². The minimum Gasteiger partial charge on any atom is -0.102 e. The smallest absolute Gasteiger partial charge is 0.00558 e. The summed E-state index contributed by atoms with van der Waals surface area (Å²) in [6.45, 7) is 7.99. The van der Waals surface area contributed by atoms with Crippen LogP contribution in [0, 0.1) is 17.3 Å². The SMILES string of the molecule is C=CC1(C=C)CCC(C2CCCCC2)CC1. The van der Waals surface area contributed by atoms with Crippen LogP contribution in [0.15, 0.2) is 25.3 Å². The fourth-order valence-corrected chi connectivity index (χ4v) is 3.75. The fourth-order valence-electron chi connectivity index (χ4n) is 3.75. The maximum absolute atomic E-state index is 3.99. The molecule has 0 atom stereocenters. The molecule has 90 valence electrons. The van der Waals surface area contributed by atoms with Crippen LogP contribution in [0.2, 0.25) is 0 Å². The van der Waals surface area contributed by atoms with E-state index in [-0.39, 0.29) is 5.41 Å². The molecule has 0 aromatic rings. The Morgan fingerprint density at radius 3 is 1.75 bits per heavy atom. The molecule has 0 heteroatoms. The first-order valence-corrected chi connectivity index (χ1v) is 7.07. The zero-order valence-corrected chi connectivity index (χ0v) is 10.6. The molecule has 0 heterocycles. The van der Waals surface area contributed by atoms with Crippen molar-refractivity contribution in [2.45, 2.75) is 57.8 Å². The molecule has 0 saturated heterocycles. The minimum absolute atomic E-state index is 0.269. The van der Waals surface area contributed by atoms with Crippen LogP contribution in [0.25, 0.3) is 0 Å². The lowest BCUT2D eigenvalue weighted by atomic mass is 9.65. The van der Waals surface area contributed by atoms with Crippen LogP contribution in [-0.2, 0) is 0 Å². The third kappa shape index (κ3) is 2.42. The van der Waals surface area contributed by atoms with Crippen LogP contribution in [0.3, 0.4) is 0 Å². The van der Waals surface area contributed by atoms with Gasteiger partial charge in [0, 0.05) is 5.41 Å². The Bertz CT molecular complexity index is 227. The summed E-state index contributed by atoms with van der Waals surface area (Å²) in [5.74, 6) is 2.05. The Labute approximate surface area is 101 Å². The van der Waals surface area contributed by atoms with Gasteiger partial charge in [0.1, 0.15) is 0 Å². The first-order chi connectivity index (χ1) is 7.79. The van der Waals surface area contributed by atoms with E-state index in [2.05, 4.69) is 25.3 Å². The van der Waals surface area contributed by atoms with Crippen molar-refractivity contribution in [1.82, 2.24) is 0 Å². The van der Waals surface area contributed by atoms with E-state index < -0.39 is 0 Å². The molecule has 0 aromatic heterocycles. The molecule has 0 bridgehead atoms. The van der Waals surface area contributed by atoms with Gasteiger partial charge < -0.3 is 0 Å². The summed E-state index contributed by atoms with van der Waals surface area (Å²) in [6.07, 6.45) is 17.1. The maximum Gasteiger partial charge on any atom is 0.00558 e. The van der Waals surface area contributed by atoms with Crippen LogP contribution >= 0.6 is 0 Å². The molecule has 0 aromatic carbocycles. The van der Waals surface area contributed by atoms with Crippen molar-refractivity contribution in [3.05, 3.63) is 25.3 Å². The molecule has 2 aliphatic rings. The van der Waals surface area contributed by atoms with Gasteiger partial charge in [0.25, 0.3) is 0 Å². The first-order valence-electron chi connectivity index (χ1n) is 7.07. The summed E-state index contributed by atoms with van der Waals surface area (Å²) in [5, 5.41) is 0. The molecule has 2 fully saturated rings. The zero-order chi connectivity index (χ0) is 11.4. The topological polar surface area (TPSA) is 0 Å². The largest absolute Gasteiger partial charge is 0.102 e. The van der Waals surface area contributed by atoms with Gasteiger partial charge in [0.15, 0.2) is 0 Å². The second kappa shape index (κ2) is 5.21. The molecule has 2 aliphatic carbocycles. The first kappa shape index (κ1) is 12.0. The standard InChI is InChI=1S/C16H26/c1-3-16(4-2)12-10-15(11-13-16)14-8-6-5-7-9-14/h3-4,14-15H,1-2,5-13H2. The van der Waals surface area contributed by atoms with E-state index in [1.54, 1.807) is 0 Å². The quantitative estimate of drug-likeness (QED) is 0.577. The van der Waals surface area contributed by atoms with Crippen LogP contribution in [0.1, 0.15) is 57.8 Å². The highest BCUT2D eigenvalue weighted by atomic mass is 14.4. The normalized spacial score (nSPS) is 27.5. The summed E-state index contributed by atoms with van der Waals surface area (Å²) >= 11 is 0. The number of rotatable bonds is 3. The molecular weight excluding hydrogens is 192 g/mol. The van der Waals surface area contributed by atoms with Crippen molar-refractivity contribution in [2.75, 3.05) is 0 Å². The van der Waals surface area contributed by atoms with Crippen molar-refractivity contribution >= 4 is 0 Å². The predicted molar refractivity (Wildman–Crippen MR) is 71.4 cm³/mol. The Morgan fingerprint density at radius 2 is 1.25 bits per heavy atom. The molecule has 16 heavy (non-hydrogen) atoms. The van der Waals surface area contributed by atoms with E-state index in [0.717, 1.165) is 11.8 Å². The second-order valence-corrected chi connectivity index (χ2v) is 5.88. The molecule has 0 amide bonds. The van der Waals surface area contributed by atoms with Crippen LogP contribution < -0.4 is 0 Å². The third-order valence-electron chi connectivity index (χ3n) is 5.09. The Balaban J connectivity index is 1.88. The van der Waals surface area contributed by atoms with Gasteiger partial charge in [0.05, 0.1) is 0 Å². The Morgan fingerprint density at radius 1 is 0.750 bits per heavy atom.